The van der Waals surface area contributed by atoms with E-state index in [2.05, 4.69) is 36.9 Å². The van der Waals surface area contributed by atoms with Crippen molar-refractivity contribution in [3.63, 3.8) is 0 Å². The fourth-order valence-electron chi connectivity index (χ4n) is 1.87. The minimum Gasteiger partial charge on any atom is -0.481 e. The van der Waals surface area contributed by atoms with Crippen molar-refractivity contribution in [1.29, 1.82) is 0 Å². The summed E-state index contributed by atoms with van der Waals surface area (Å²) in [6, 6.07) is 13.9. The van der Waals surface area contributed by atoms with Gasteiger partial charge in [0.25, 0.3) is 0 Å². The highest BCUT2D eigenvalue weighted by Gasteiger charge is 1.96. The first-order valence-corrected chi connectivity index (χ1v) is 6.46. The summed E-state index contributed by atoms with van der Waals surface area (Å²) in [5, 5.41) is 0. The van der Waals surface area contributed by atoms with Crippen LogP contribution in [0.15, 0.2) is 47.5 Å². The van der Waals surface area contributed by atoms with Crippen LogP contribution in [0.5, 0.6) is 5.75 Å². The summed E-state index contributed by atoms with van der Waals surface area (Å²) >= 11 is 0. The molecule has 0 unspecified atom stereocenters. The quantitative estimate of drug-likeness (QED) is 0.602. The number of hydrogen-bond donors (Lipinski definition) is 0. The van der Waals surface area contributed by atoms with Gasteiger partial charge in [0.15, 0.2) is 0 Å². The summed E-state index contributed by atoms with van der Waals surface area (Å²) in [4.78, 5) is 4.51. The van der Waals surface area contributed by atoms with E-state index >= 15 is 0 Å². The van der Waals surface area contributed by atoms with Crippen LogP contribution in [0.2, 0.25) is 0 Å². The van der Waals surface area contributed by atoms with Crippen LogP contribution < -0.4 is 4.74 Å². The van der Waals surface area contributed by atoms with E-state index in [-0.39, 0.29) is 6.61 Å². The van der Waals surface area contributed by atoms with Crippen molar-refractivity contribution in [3.05, 3.63) is 59.2 Å². The Morgan fingerprint density at radius 3 is 2.55 bits per heavy atom. The molecule has 0 aliphatic carbocycles. The number of aliphatic imine (C=N–C) groups is 1. The molecule has 0 saturated heterocycles. The predicted octanol–water partition coefficient (Wildman–Crippen LogP) is 4.07. The molecule has 0 amide bonds. The maximum absolute atomic E-state index is 5.32. The van der Waals surface area contributed by atoms with Crippen LogP contribution in [-0.4, -0.2) is 12.8 Å². The molecule has 2 aromatic rings. The van der Waals surface area contributed by atoms with E-state index in [1.54, 1.807) is 0 Å². The molecule has 2 nitrogen and oxygen atoms in total. The molecule has 0 atom stereocenters. The average Bonchev–Trinajstić information content (AvgIpc) is 2.45. The molecular weight excluding hydrogens is 246 g/mol. The van der Waals surface area contributed by atoms with Crippen LogP contribution in [0.4, 0.5) is 5.69 Å². The Morgan fingerprint density at radius 2 is 1.90 bits per heavy atom. The minimum atomic E-state index is 0.288. The van der Waals surface area contributed by atoms with Crippen molar-refractivity contribution in [2.45, 2.75) is 13.8 Å². The summed E-state index contributed by atoms with van der Waals surface area (Å²) in [6.07, 6.45) is 7.00. The molecule has 100 valence electrons. The van der Waals surface area contributed by atoms with Crippen LogP contribution >= 0.6 is 0 Å². The van der Waals surface area contributed by atoms with Gasteiger partial charge in [-0.05, 0) is 55.3 Å². The summed E-state index contributed by atoms with van der Waals surface area (Å²) < 4.78 is 5.32. The fourth-order valence-corrected chi connectivity index (χ4v) is 1.87. The molecule has 2 heteroatoms. The van der Waals surface area contributed by atoms with Gasteiger partial charge >= 0.3 is 0 Å². The first-order chi connectivity index (χ1) is 9.69. The lowest BCUT2D eigenvalue weighted by atomic mass is 10.1. The van der Waals surface area contributed by atoms with Crippen molar-refractivity contribution in [3.8, 4) is 18.1 Å². The molecule has 0 fully saturated rings. The molecule has 0 saturated carbocycles. The standard InChI is InChI=1S/C18H17NO/c1-4-11-20-17-8-6-16(7-9-17)13-19-18-10-5-14(2)12-15(18)3/h1,5-10,12-13H,11H2,2-3H3. The molecule has 2 aromatic carbocycles. The number of rotatable bonds is 4. The van der Waals surface area contributed by atoms with Crippen LogP contribution in [0, 0.1) is 26.2 Å². The first kappa shape index (κ1) is 13.9. The predicted molar refractivity (Wildman–Crippen MR) is 83.9 cm³/mol. The lowest BCUT2D eigenvalue weighted by Crippen LogP contribution is -1.93. The molecular formula is C18H17NO. The zero-order chi connectivity index (χ0) is 14.4. The molecule has 2 rings (SSSR count). The molecule has 0 N–H and O–H groups in total. The van der Waals surface area contributed by atoms with Gasteiger partial charge in [0.2, 0.25) is 0 Å². The van der Waals surface area contributed by atoms with Gasteiger partial charge in [-0.2, -0.15) is 0 Å². The maximum Gasteiger partial charge on any atom is 0.148 e. The number of ether oxygens (including phenoxy) is 1. The van der Waals surface area contributed by atoms with Gasteiger partial charge in [-0.1, -0.05) is 23.6 Å². The molecule has 0 aromatic heterocycles. The second-order valence-electron chi connectivity index (χ2n) is 4.61. The van der Waals surface area contributed by atoms with Crippen LogP contribution in [0.3, 0.4) is 0 Å². The second-order valence-corrected chi connectivity index (χ2v) is 4.61. The Balaban J connectivity index is 2.09. The van der Waals surface area contributed by atoms with Gasteiger partial charge in [0.05, 0.1) is 5.69 Å². The van der Waals surface area contributed by atoms with Gasteiger partial charge in [-0.3, -0.25) is 4.99 Å². The lowest BCUT2D eigenvalue weighted by Gasteiger charge is -2.03. The Bertz CT molecular complexity index is 648. The van der Waals surface area contributed by atoms with E-state index in [1.165, 1.54) is 11.1 Å². The van der Waals surface area contributed by atoms with Gasteiger partial charge in [0.1, 0.15) is 12.4 Å². The van der Waals surface area contributed by atoms with Crippen molar-refractivity contribution < 1.29 is 4.74 Å². The Kier molecular flexibility index (Phi) is 4.57. The van der Waals surface area contributed by atoms with Crippen molar-refractivity contribution >= 4 is 11.9 Å². The van der Waals surface area contributed by atoms with Crippen molar-refractivity contribution in [1.82, 2.24) is 0 Å². The number of hydrogen-bond acceptors (Lipinski definition) is 2. The zero-order valence-corrected chi connectivity index (χ0v) is 11.8. The minimum absolute atomic E-state index is 0.288. The average molecular weight is 263 g/mol. The second kappa shape index (κ2) is 6.58. The molecule has 20 heavy (non-hydrogen) atoms. The van der Waals surface area contributed by atoms with Gasteiger partial charge in [-0.25, -0.2) is 0 Å². The highest BCUT2D eigenvalue weighted by atomic mass is 16.5. The van der Waals surface area contributed by atoms with Crippen LogP contribution in [-0.2, 0) is 0 Å². The number of benzene rings is 2. The van der Waals surface area contributed by atoms with Crippen LogP contribution in [0.25, 0.3) is 0 Å². The highest BCUT2D eigenvalue weighted by Crippen LogP contribution is 2.19. The third-order valence-corrected chi connectivity index (χ3v) is 2.91. The van der Waals surface area contributed by atoms with Gasteiger partial charge in [-0.15, -0.1) is 6.42 Å². The number of nitrogens with zero attached hydrogens (tertiary/aromatic N) is 1. The molecule has 0 aliphatic rings. The van der Waals surface area contributed by atoms with E-state index in [0.29, 0.717) is 0 Å². The summed E-state index contributed by atoms with van der Waals surface area (Å²) in [5.41, 5.74) is 4.44. The van der Waals surface area contributed by atoms with Gasteiger partial charge in [0, 0.05) is 6.21 Å². The normalized spacial score (nSPS) is 10.4. The Morgan fingerprint density at radius 1 is 1.15 bits per heavy atom. The van der Waals surface area contributed by atoms with E-state index < -0.39 is 0 Å². The number of terminal acetylenes is 1. The third-order valence-electron chi connectivity index (χ3n) is 2.91. The van der Waals surface area contributed by atoms with E-state index in [1.807, 2.05) is 36.5 Å². The SMILES string of the molecule is C#CCOc1ccc(C=Nc2ccc(C)cc2C)cc1. The molecule has 0 spiro atoms. The largest absolute Gasteiger partial charge is 0.481 e. The van der Waals surface area contributed by atoms with Crippen LogP contribution in [0.1, 0.15) is 16.7 Å². The molecule has 0 aliphatic heterocycles. The first-order valence-electron chi connectivity index (χ1n) is 6.46. The van der Waals surface area contributed by atoms with E-state index in [4.69, 9.17) is 11.2 Å². The third kappa shape index (κ3) is 3.73. The van der Waals surface area contributed by atoms with E-state index in [0.717, 1.165) is 17.0 Å². The maximum atomic E-state index is 5.32. The lowest BCUT2D eigenvalue weighted by molar-refractivity contribution is 0.370. The van der Waals surface area contributed by atoms with Crippen molar-refractivity contribution in [2.24, 2.45) is 4.99 Å². The molecule has 0 radical (unpaired) electrons. The summed E-state index contributed by atoms with van der Waals surface area (Å²) in [7, 11) is 0. The monoisotopic (exact) mass is 263 g/mol. The molecule has 0 heterocycles. The topological polar surface area (TPSA) is 21.6 Å². The summed E-state index contributed by atoms with van der Waals surface area (Å²) in [6.45, 7) is 4.43. The Labute approximate surface area is 120 Å². The Hall–Kier alpha value is -2.53. The fraction of sp³-hybridized carbons (Fsp3) is 0.167. The number of aryl methyl sites for hydroxylation is 2. The summed E-state index contributed by atoms with van der Waals surface area (Å²) in [5.74, 6) is 3.21. The highest BCUT2D eigenvalue weighted by molar-refractivity contribution is 5.82. The van der Waals surface area contributed by atoms with E-state index in [9.17, 15) is 0 Å². The molecule has 0 bridgehead atoms. The smallest absolute Gasteiger partial charge is 0.148 e. The van der Waals surface area contributed by atoms with Gasteiger partial charge < -0.3 is 4.74 Å². The van der Waals surface area contributed by atoms with Crippen molar-refractivity contribution in [2.75, 3.05) is 6.61 Å². The zero-order valence-electron chi connectivity index (χ0n) is 11.8.